The maximum Gasteiger partial charge on any atom is 0.0751 e. The third-order valence-electron chi connectivity index (χ3n) is 3.75. The van der Waals surface area contributed by atoms with Crippen molar-refractivity contribution in [1.82, 2.24) is 10.3 Å². The second-order valence-electron chi connectivity index (χ2n) is 6.62. The van der Waals surface area contributed by atoms with Crippen LogP contribution >= 0.6 is 0 Å². The van der Waals surface area contributed by atoms with Crippen LogP contribution in [0.1, 0.15) is 56.1 Å². The molecule has 0 spiro atoms. The van der Waals surface area contributed by atoms with Gasteiger partial charge in [0.2, 0.25) is 0 Å². The molecule has 112 valence electrons. The molecule has 0 saturated carbocycles. The minimum atomic E-state index is 0.156. The van der Waals surface area contributed by atoms with Crippen LogP contribution in [0.3, 0.4) is 0 Å². The lowest BCUT2D eigenvalue weighted by molar-refractivity contribution is 0.586. The molecule has 0 radical (unpaired) electrons. The summed E-state index contributed by atoms with van der Waals surface area (Å²) < 4.78 is 0. The van der Waals surface area contributed by atoms with Crippen LogP contribution in [0.15, 0.2) is 42.6 Å². The third kappa shape index (κ3) is 3.92. The normalized spacial score (nSPS) is 13.2. The van der Waals surface area contributed by atoms with E-state index < -0.39 is 0 Å². The molecule has 1 N–H and O–H groups in total. The van der Waals surface area contributed by atoms with E-state index in [2.05, 4.69) is 75.3 Å². The molecule has 0 aliphatic rings. The van der Waals surface area contributed by atoms with E-state index in [1.54, 1.807) is 0 Å². The molecule has 2 rings (SSSR count). The van der Waals surface area contributed by atoms with E-state index in [1.807, 2.05) is 12.3 Å². The van der Waals surface area contributed by atoms with E-state index in [1.165, 1.54) is 16.7 Å². The third-order valence-corrected chi connectivity index (χ3v) is 3.75. The molecular weight excluding hydrogens is 256 g/mol. The van der Waals surface area contributed by atoms with Crippen LogP contribution < -0.4 is 5.32 Å². The number of nitrogens with zero attached hydrogens (tertiary/aromatic N) is 1. The number of benzene rings is 1. The highest BCUT2D eigenvalue weighted by Crippen LogP contribution is 2.26. The lowest BCUT2D eigenvalue weighted by Gasteiger charge is -2.22. The molecule has 2 heteroatoms. The molecule has 1 aromatic carbocycles. The van der Waals surface area contributed by atoms with E-state index in [0.29, 0.717) is 0 Å². The van der Waals surface area contributed by atoms with Crippen LogP contribution in [0.2, 0.25) is 0 Å². The fourth-order valence-corrected chi connectivity index (χ4v) is 2.49. The molecule has 0 saturated heterocycles. The van der Waals surface area contributed by atoms with Gasteiger partial charge >= 0.3 is 0 Å². The summed E-state index contributed by atoms with van der Waals surface area (Å²) in [5.41, 5.74) is 5.14. The van der Waals surface area contributed by atoms with E-state index in [9.17, 15) is 0 Å². The highest BCUT2D eigenvalue weighted by Gasteiger charge is 2.17. The van der Waals surface area contributed by atoms with E-state index in [0.717, 1.165) is 12.2 Å². The van der Waals surface area contributed by atoms with Crippen LogP contribution in [0.4, 0.5) is 0 Å². The van der Waals surface area contributed by atoms with Gasteiger partial charge < -0.3 is 5.32 Å². The molecule has 1 atom stereocenters. The smallest absolute Gasteiger partial charge is 0.0751 e. The van der Waals surface area contributed by atoms with Gasteiger partial charge in [-0.15, -0.1) is 0 Å². The summed E-state index contributed by atoms with van der Waals surface area (Å²) in [7, 11) is 0. The Labute approximate surface area is 128 Å². The summed E-state index contributed by atoms with van der Waals surface area (Å²) in [6, 6.07) is 13.3. The number of pyridine rings is 1. The van der Waals surface area contributed by atoms with E-state index in [4.69, 9.17) is 0 Å². The zero-order valence-electron chi connectivity index (χ0n) is 13.8. The summed E-state index contributed by atoms with van der Waals surface area (Å²) in [5, 5.41) is 3.54. The molecule has 21 heavy (non-hydrogen) atoms. The molecular formula is C19H26N2. The zero-order valence-corrected chi connectivity index (χ0v) is 13.8. The van der Waals surface area contributed by atoms with Crippen molar-refractivity contribution in [2.75, 3.05) is 6.54 Å². The van der Waals surface area contributed by atoms with Crippen molar-refractivity contribution < 1.29 is 0 Å². The van der Waals surface area contributed by atoms with Gasteiger partial charge in [-0.1, -0.05) is 52.0 Å². The van der Waals surface area contributed by atoms with Crippen molar-refractivity contribution in [2.45, 2.75) is 46.1 Å². The fourth-order valence-electron chi connectivity index (χ4n) is 2.49. The molecule has 0 aliphatic carbocycles. The summed E-state index contributed by atoms with van der Waals surface area (Å²) in [6.45, 7) is 11.9. The van der Waals surface area contributed by atoms with Crippen molar-refractivity contribution in [3.63, 3.8) is 0 Å². The van der Waals surface area contributed by atoms with Gasteiger partial charge in [-0.05, 0) is 47.7 Å². The Balaban J connectivity index is 2.34. The highest BCUT2D eigenvalue weighted by molar-refractivity contribution is 5.34. The van der Waals surface area contributed by atoms with Gasteiger partial charge in [0.05, 0.1) is 11.7 Å². The number of aryl methyl sites for hydroxylation is 1. The van der Waals surface area contributed by atoms with Crippen LogP contribution in [-0.4, -0.2) is 11.5 Å². The Hall–Kier alpha value is -1.67. The lowest BCUT2D eigenvalue weighted by Crippen LogP contribution is -2.23. The monoisotopic (exact) mass is 282 g/mol. The van der Waals surface area contributed by atoms with Crippen LogP contribution in [0, 0.1) is 6.92 Å². The molecule has 0 bridgehead atoms. The molecule has 1 aromatic heterocycles. The van der Waals surface area contributed by atoms with Crippen molar-refractivity contribution in [3.8, 4) is 0 Å². The van der Waals surface area contributed by atoms with Crippen molar-refractivity contribution in [2.24, 2.45) is 0 Å². The maximum atomic E-state index is 4.54. The Morgan fingerprint density at radius 3 is 2.29 bits per heavy atom. The van der Waals surface area contributed by atoms with Crippen LogP contribution in [-0.2, 0) is 5.41 Å². The molecule has 1 unspecified atom stereocenters. The number of aromatic nitrogens is 1. The van der Waals surface area contributed by atoms with Crippen molar-refractivity contribution in [1.29, 1.82) is 0 Å². The Morgan fingerprint density at radius 1 is 1.10 bits per heavy atom. The van der Waals surface area contributed by atoms with Crippen LogP contribution in [0.5, 0.6) is 0 Å². The number of hydrogen-bond acceptors (Lipinski definition) is 2. The molecule has 2 nitrogen and oxygen atoms in total. The summed E-state index contributed by atoms with van der Waals surface area (Å²) in [5.74, 6) is 0. The van der Waals surface area contributed by atoms with Crippen molar-refractivity contribution in [3.05, 3.63) is 65.0 Å². The van der Waals surface area contributed by atoms with Crippen LogP contribution in [0.25, 0.3) is 0 Å². The molecule has 0 fully saturated rings. The predicted octanol–water partition coefficient (Wildman–Crippen LogP) is 4.39. The molecule has 1 heterocycles. The van der Waals surface area contributed by atoms with E-state index in [-0.39, 0.29) is 11.5 Å². The maximum absolute atomic E-state index is 4.54. The summed E-state index contributed by atoms with van der Waals surface area (Å²) >= 11 is 0. The Morgan fingerprint density at radius 2 is 1.76 bits per heavy atom. The molecule has 0 aliphatic heterocycles. The molecule has 0 amide bonds. The number of nitrogens with one attached hydrogen (secondary N) is 1. The average molecular weight is 282 g/mol. The standard InChI is InChI=1S/C19H26N2/c1-6-20-18(17-13-14(2)11-12-21-17)15-7-9-16(10-8-15)19(3,4)5/h7-13,18,20H,6H2,1-5H3. The fraction of sp³-hybridized carbons (Fsp3) is 0.421. The zero-order chi connectivity index (χ0) is 15.5. The first-order chi connectivity index (χ1) is 9.91. The van der Waals surface area contributed by atoms with Crippen molar-refractivity contribution >= 4 is 0 Å². The first-order valence-corrected chi connectivity index (χ1v) is 7.68. The quantitative estimate of drug-likeness (QED) is 0.899. The van der Waals surface area contributed by atoms with Gasteiger partial charge in [0.1, 0.15) is 0 Å². The van der Waals surface area contributed by atoms with Gasteiger partial charge in [0.15, 0.2) is 0 Å². The Bertz CT molecular complexity index is 579. The average Bonchev–Trinajstić information content (AvgIpc) is 2.44. The van der Waals surface area contributed by atoms with E-state index >= 15 is 0 Å². The van der Waals surface area contributed by atoms with Gasteiger partial charge in [0, 0.05) is 6.20 Å². The second-order valence-corrected chi connectivity index (χ2v) is 6.62. The Kier molecular flexibility index (Phi) is 4.79. The second kappa shape index (κ2) is 6.40. The topological polar surface area (TPSA) is 24.9 Å². The first kappa shape index (κ1) is 15.7. The number of hydrogen-bond donors (Lipinski definition) is 1. The molecule has 2 aromatic rings. The predicted molar refractivity (Wildman–Crippen MR) is 89.6 cm³/mol. The van der Waals surface area contributed by atoms with Gasteiger partial charge in [-0.3, -0.25) is 4.98 Å². The summed E-state index contributed by atoms with van der Waals surface area (Å²) in [6.07, 6.45) is 1.89. The lowest BCUT2D eigenvalue weighted by atomic mass is 9.86. The first-order valence-electron chi connectivity index (χ1n) is 7.68. The number of rotatable bonds is 4. The SMILES string of the molecule is CCNC(c1ccc(C(C)(C)C)cc1)c1cc(C)ccn1. The van der Waals surface area contributed by atoms with Gasteiger partial charge in [-0.2, -0.15) is 0 Å². The minimum absolute atomic E-state index is 0.156. The minimum Gasteiger partial charge on any atom is -0.305 e. The van der Waals surface area contributed by atoms with Gasteiger partial charge in [-0.25, -0.2) is 0 Å². The largest absolute Gasteiger partial charge is 0.305 e. The summed E-state index contributed by atoms with van der Waals surface area (Å²) in [4.78, 5) is 4.54. The van der Waals surface area contributed by atoms with Gasteiger partial charge in [0.25, 0.3) is 0 Å². The highest BCUT2D eigenvalue weighted by atomic mass is 14.9.